The maximum Gasteiger partial charge on any atom is 0.573 e. The highest BCUT2D eigenvalue weighted by molar-refractivity contribution is 7.84. The number of rotatable bonds is 4. The van der Waals surface area contributed by atoms with Crippen LogP contribution in [-0.2, 0) is 11.0 Å². The van der Waals surface area contributed by atoms with E-state index in [1.54, 1.807) is 27.7 Å². The van der Waals surface area contributed by atoms with Crippen molar-refractivity contribution in [2.24, 2.45) is 0 Å². The summed E-state index contributed by atoms with van der Waals surface area (Å²) in [6.45, 7) is 6.82. The van der Waals surface area contributed by atoms with Crippen molar-refractivity contribution in [3.63, 3.8) is 0 Å². The molecular formula is C13H17F4NO2S. The van der Waals surface area contributed by atoms with E-state index in [0.29, 0.717) is 6.07 Å². The van der Waals surface area contributed by atoms with E-state index in [9.17, 15) is 21.8 Å². The lowest BCUT2D eigenvalue weighted by atomic mass is 10.1. The van der Waals surface area contributed by atoms with Gasteiger partial charge in [-0.3, -0.25) is 0 Å². The Morgan fingerprint density at radius 1 is 1.24 bits per heavy atom. The van der Waals surface area contributed by atoms with Gasteiger partial charge in [-0.1, -0.05) is 6.07 Å². The van der Waals surface area contributed by atoms with Crippen molar-refractivity contribution in [1.82, 2.24) is 4.72 Å². The number of nitrogens with one attached hydrogen (secondary N) is 1. The van der Waals surface area contributed by atoms with Crippen LogP contribution >= 0.6 is 0 Å². The van der Waals surface area contributed by atoms with Crippen molar-refractivity contribution >= 4 is 11.0 Å². The predicted octanol–water partition coefficient (Wildman–Crippen LogP) is 3.84. The monoisotopic (exact) mass is 327 g/mol. The van der Waals surface area contributed by atoms with Gasteiger partial charge in [-0.05, 0) is 33.8 Å². The zero-order chi connectivity index (χ0) is 16.4. The third kappa shape index (κ3) is 5.62. The molecule has 0 radical (unpaired) electrons. The number of hydrogen-bond donors (Lipinski definition) is 1. The minimum atomic E-state index is -4.87. The predicted molar refractivity (Wildman–Crippen MR) is 72.5 cm³/mol. The van der Waals surface area contributed by atoms with E-state index in [-0.39, 0.29) is 5.56 Å². The Morgan fingerprint density at radius 3 is 2.24 bits per heavy atom. The normalized spacial score (nSPS) is 15.6. The van der Waals surface area contributed by atoms with Gasteiger partial charge in [0.15, 0.2) is 0 Å². The number of halogens is 4. The molecule has 0 heterocycles. The van der Waals surface area contributed by atoms with Gasteiger partial charge < -0.3 is 4.74 Å². The van der Waals surface area contributed by atoms with Crippen molar-refractivity contribution in [2.45, 2.75) is 44.8 Å². The van der Waals surface area contributed by atoms with Crippen molar-refractivity contribution in [3.05, 3.63) is 29.6 Å². The second kappa shape index (κ2) is 6.31. The average molecular weight is 327 g/mol. The molecule has 0 aliphatic rings. The van der Waals surface area contributed by atoms with Gasteiger partial charge in [-0.25, -0.2) is 13.3 Å². The second-order valence-electron chi connectivity index (χ2n) is 5.45. The summed E-state index contributed by atoms with van der Waals surface area (Å²) in [7, 11) is -1.43. The van der Waals surface area contributed by atoms with E-state index in [1.807, 2.05) is 0 Å². The van der Waals surface area contributed by atoms with Crippen LogP contribution in [-0.4, -0.2) is 15.3 Å². The molecule has 1 aromatic carbocycles. The molecule has 1 unspecified atom stereocenters. The molecule has 1 rings (SSSR count). The van der Waals surface area contributed by atoms with Gasteiger partial charge in [-0.15, -0.1) is 13.2 Å². The molecule has 0 saturated carbocycles. The lowest BCUT2D eigenvalue weighted by Crippen LogP contribution is -2.35. The van der Waals surface area contributed by atoms with Gasteiger partial charge in [0.25, 0.3) is 0 Å². The number of ether oxygens (including phenoxy) is 1. The van der Waals surface area contributed by atoms with Crippen LogP contribution in [0.15, 0.2) is 18.2 Å². The van der Waals surface area contributed by atoms with Crippen molar-refractivity contribution in [1.29, 1.82) is 0 Å². The summed E-state index contributed by atoms with van der Waals surface area (Å²) >= 11 is 0. The molecule has 0 saturated heterocycles. The van der Waals surface area contributed by atoms with E-state index >= 15 is 0 Å². The fourth-order valence-corrected chi connectivity index (χ4v) is 2.26. The summed E-state index contributed by atoms with van der Waals surface area (Å²) in [5.41, 5.74) is 0.113. The fourth-order valence-electron chi connectivity index (χ4n) is 1.46. The maximum absolute atomic E-state index is 13.8. The number of benzene rings is 1. The molecule has 120 valence electrons. The van der Waals surface area contributed by atoms with Crippen LogP contribution in [0.25, 0.3) is 0 Å². The van der Waals surface area contributed by atoms with E-state index < -0.39 is 39.7 Å². The summed E-state index contributed by atoms with van der Waals surface area (Å²) in [4.78, 5) is 0. The SMILES string of the molecule is C[C@H](NS(=O)C(C)(C)C)c1ccc(OC(F)(F)F)cc1F. The quantitative estimate of drug-likeness (QED) is 0.854. The zero-order valence-corrected chi connectivity index (χ0v) is 12.9. The Hall–Kier alpha value is -1.15. The summed E-state index contributed by atoms with van der Waals surface area (Å²) in [6.07, 6.45) is -4.87. The second-order valence-corrected chi connectivity index (χ2v) is 7.45. The highest BCUT2D eigenvalue weighted by atomic mass is 32.2. The summed E-state index contributed by atoms with van der Waals surface area (Å²) in [5.74, 6) is -1.49. The number of hydrogen-bond acceptors (Lipinski definition) is 2. The van der Waals surface area contributed by atoms with Crippen LogP contribution in [0.1, 0.15) is 39.3 Å². The maximum atomic E-state index is 13.8. The van der Waals surface area contributed by atoms with E-state index in [0.717, 1.165) is 6.07 Å². The van der Waals surface area contributed by atoms with Gasteiger partial charge in [0.2, 0.25) is 0 Å². The standard InChI is InChI=1S/C13H17F4NO2S/c1-8(18-21(19)12(2,3)4)10-6-5-9(7-11(10)14)20-13(15,16)17/h5-8,18H,1-4H3/t8-,21?/m0/s1. The minimum Gasteiger partial charge on any atom is -0.406 e. The Kier molecular flexibility index (Phi) is 5.38. The van der Waals surface area contributed by atoms with Crippen LogP contribution in [0.5, 0.6) is 5.75 Å². The molecule has 0 aromatic heterocycles. The highest BCUT2D eigenvalue weighted by Gasteiger charge is 2.31. The van der Waals surface area contributed by atoms with Crippen molar-refractivity contribution in [2.75, 3.05) is 0 Å². The van der Waals surface area contributed by atoms with Crippen molar-refractivity contribution < 1.29 is 26.5 Å². The van der Waals surface area contributed by atoms with Crippen LogP contribution in [0.4, 0.5) is 17.6 Å². The van der Waals surface area contributed by atoms with E-state index in [1.165, 1.54) is 6.07 Å². The third-order valence-corrected chi connectivity index (χ3v) is 4.19. The average Bonchev–Trinajstić information content (AvgIpc) is 2.24. The van der Waals surface area contributed by atoms with Gasteiger partial charge in [0.05, 0.1) is 15.7 Å². The van der Waals surface area contributed by atoms with Crippen molar-refractivity contribution in [3.8, 4) is 5.75 Å². The molecule has 0 fully saturated rings. The Morgan fingerprint density at radius 2 is 1.81 bits per heavy atom. The van der Waals surface area contributed by atoms with Gasteiger partial charge in [0, 0.05) is 17.7 Å². The van der Waals surface area contributed by atoms with E-state index in [2.05, 4.69) is 9.46 Å². The molecule has 0 bridgehead atoms. The van der Waals surface area contributed by atoms with Gasteiger partial charge in [0.1, 0.15) is 11.6 Å². The van der Waals surface area contributed by atoms with Crippen LogP contribution in [0.3, 0.4) is 0 Å². The highest BCUT2D eigenvalue weighted by Crippen LogP contribution is 2.27. The molecule has 0 spiro atoms. The molecule has 3 nitrogen and oxygen atoms in total. The molecule has 1 aromatic rings. The Labute approximate surface area is 123 Å². The lowest BCUT2D eigenvalue weighted by molar-refractivity contribution is -0.274. The molecule has 8 heteroatoms. The van der Waals surface area contributed by atoms with Gasteiger partial charge in [-0.2, -0.15) is 0 Å². The largest absolute Gasteiger partial charge is 0.573 e. The van der Waals surface area contributed by atoms with Crippen LogP contribution in [0.2, 0.25) is 0 Å². The first-order valence-electron chi connectivity index (χ1n) is 6.13. The van der Waals surface area contributed by atoms with E-state index in [4.69, 9.17) is 0 Å². The first-order chi connectivity index (χ1) is 9.40. The first kappa shape index (κ1) is 17.9. The van der Waals surface area contributed by atoms with Crippen LogP contribution < -0.4 is 9.46 Å². The van der Waals surface area contributed by atoms with Crippen LogP contribution in [0, 0.1) is 5.82 Å². The van der Waals surface area contributed by atoms with Gasteiger partial charge >= 0.3 is 6.36 Å². The molecule has 0 amide bonds. The molecule has 21 heavy (non-hydrogen) atoms. The summed E-state index contributed by atoms with van der Waals surface area (Å²) in [5, 5.41) is 0. The molecule has 1 N–H and O–H groups in total. The smallest absolute Gasteiger partial charge is 0.406 e. The number of alkyl halides is 3. The zero-order valence-electron chi connectivity index (χ0n) is 12.0. The summed E-state index contributed by atoms with van der Waals surface area (Å²) in [6, 6.07) is 2.23. The Bertz CT molecular complexity index is 526. The molecule has 0 aliphatic heterocycles. The minimum absolute atomic E-state index is 0.113. The molecular weight excluding hydrogens is 310 g/mol. The lowest BCUT2D eigenvalue weighted by Gasteiger charge is -2.22. The Balaban J connectivity index is 2.87. The summed E-state index contributed by atoms with van der Waals surface area (Å²) < 4.78 is 67.7. The first-order valence-corrected chi connectivity index (χ1v) is 7.28. The third-order valence-electron chi connectivity index (χ3n) is 2.51. The topological polar surface area (TPSA) is 38.3 Å². The molecule has 2 atom stereocenters. The molecule has 0 aliphatic carbocycles. The fraction of sp³-hybridized carbons (Fsp3) is 0.538.